The third kappa shape index (κ3) is 2.03. The molecule has 1 aromatic rings. The minimum atomic E-state index is -0.697. The molecule has 0 heterocycles. The third-order valence-corrected chi connectivity index (χ3v) is 3.59. The summed E-state index contributed by atoms with van der Waals surface area (Å²) in [7, 11) is 0. The van der Waals surface area contributed by atoms with Gasteiger partial charge in [-0.3, -0.25) is 4.79 Å². The van der Waals surface area contributed by atoms with E-state index in [0.29, 0.717) is 0 Å². The molecule has 0 amide bonds. The monoisotopic (exact) mass is 219 g/mol. The Morgan fingerprint density at radius 3 is 2.94 bits per heavy atom. The number of hydrogen-bond acceptors (Lipinski definition) is 2. The van der Waals surface area contributed by atoms with E-state index in [1.54, 1.807) is 6.92 Å². The zero-order chi connectivity index (χ0) is 11.7. The Bertz CT molecular complexity index is 414. The Labute approximate surface area is 95.3 Å². The number of nitrogen functional groups attached to an aromatic ring is 1. The van der Waals surface area contributed by atoms with Crippen LogP contribution in [0.2, 0.25) is 0 Å². The summed E-state index contributed by atoms with van der Waals surface area (Å²) in [4.78, 5) is 11.0. The lowest BCUT2D eigenvalue weighted by Crippen LogP contribution is -2.26. The van der Waals surface area contributed by atoms with Crippen LogP contribution in [0, 0.1) is 11.8 Å². The molecular weight excluding hydrogens is 202 g/mol. The number of nitrogens with two attached hydrogens (primary N) is 1. The third-order valence-electron chi connectivity index (χ3n) is 3.59. The molecule has 3 N–H and O–H groups in total. The fraction of sp³-hybridized carbons (Fsp3) is 0.462. The van der Waals surface area contributed by atoms with Crippen LogP contribution in [0.15, 0.2) is 18.2 Å². The molecule has 0 radical (unpaired) electrons. The number of benzene rings is 1. The van der Waals surface area contributed by atoms with E-state index < -0.39 is 5.97 Å². The van der Waals surface area contributed by atoms with Crippen molar-refractivity contribution in [2.75, 3.05) is 5.73 Å². The first kappa shape index (κ1) is 11.0. The van der Waals surface area contributed by atoms with Gasteiger partial charge < -0.3 is 10.8 Å². The van der Waals surface area contributed by atoms with Crippen LogP contribution in [0.4, 0.5) is 5.69 Å². The molecule has 2 rings (SSSR count). The highest BCUT2D eigenvalue weighted by Gasteiger charge is 2.27. The molecule has 86 valence electrons. The van der Waals surface area contributed by atoms with Gasteiger partial charge in [-0.2, -0.15) is 0 Å². The first-order valence-electron chi connectivity index (χ1n) is 5.68. The second kappa shape index (κ2) is 4.16. The van der Waals surface area contributed by atoms with Gasteiger partial charge in [-0.05, 0) is 48.4 Å². The lowest BCUT2D eigenvalue weighted by atomic mass is 9.77. The molecule has 1 aliphatic rings. The molecular formula is C13H17NO2. The summed E-state index contributed by atoms with van der Waals surface area (Å²) in [6.45, 7) is 1.80. The fourth-order valence-corrected chi connectivity index (χ4v) is 2.43. The summed E-state index contributed by atoms with van der Waals surface area (Å²) in [6.07, 6.45) is 2.77. The summed E-state index contributed by atoms with van der Waals surface area (Å²) in [5.41, 5.74) is 9.06. The van der Waals surface area contributed by atoms with E-state index in [9.17, 15) is 4.79 Å². The summed E-state index contributed by atoms with van der Waals surface area (Å²) in [6, 6.07) is 5.96. The minimum Gasteiger partial charge on any atom is -0.481 e. The van der Waals surface area contributed by atoms with Crippen molar-refractivity contribution in [1.29, 1.82) is 0 Å². The van der Waals surface area contributed by atoms with Crippen molar-refractivity contribution in [3.63, 3.8) is 0 Å². The largest absolute Gasteiger partial charge is 0.481 e. The molecule has 3 nitrogen and oxygen atoms in total. The maximum Gasteiger partial charge on any atom is 0.306 e. The summed E-state index contributed by atoms with van der Waals surface area (Å²) >= 11 is 0. The second-order valence-electron chi connectivity index (χ2n) is 4.66. The maximum absolute atomic E-state index is 11.0. The maximum atomic E-state index is 11.0. The molecule has 1 aliphatic carbocycles. The highest BCUT2D eigenvalue weighted by Crippen LogP contribution is 2.31. The summed E-state index contributed by atoms with van der Waals surface area (Å²) in [5, 5.41) is 9.01. The standard InChI is InChI=1S/C13H17NO2/c1-8(13(15)16)10-3-2-9-4-5-12(14)7-11(9)6-10/h4-5,7-8,10H,2-3,6,14H2,1H3,(H,15,16). The van der Waals surface area contributed by atoms with Crippen molar-refractivity contribution < 1.29 is 9.90 Å². The Morgan fingerprint density at radius 1 is 1.50 bits per heavy atom. The number of carbonyl (C=O) groups is 1. The van der Waals surface area contributed by atoms with Crippen molar-refractivity contribution in [2.45, 2.75) is 26.2 Å². The van der Waals surface area contributed by atoms with E-state index in [2.05, 4.69) is 6.07 Å². The highest BCUT2D eigenvalue weighted by atomic mass is 16.4. The van der Waals surface area contributed by atoms with Crippen molar-refractivity contribution in [3.8, 4) is 0 Å². The van der Waals surface area contributed by atoms with Crippen LogP contribution in [-0.4, -0.2) is 11.1 Å². The SMILES string of the molecule is CC(C(=O)O)C1CCc2ccc(N)cc2C1. The fourth-order valence-electron chi connectivity index (χ4n) is 2.43. The first-order valence-corrected chi connectivity index (χ1v) is 5.68. The van der Waals surface area contributed by atoms with Crippen LogP contribution in [-0.2, 0) is 17.6 Å². The number of aryl methyl sites for hydroxylation is 1. The van der Waals surface area contributed by atoms with Gasteiger partial charge in [0.25, 0.3) is 0 Å². The number of fused-ring (bicyclic) bond motifs is 1. The lowest BCUT2D eigenvalue weighted by Gasteiger charge is -2.27. The Kier molecular flexibility index (Phi) is 2.86. The molecule has 1 aromatic carbocycles. The molecule has 0 aromatic heterocycles. The van der Waals surface area contributed by atoms with Crippen molar-refractivity contribution in [1.82, 2.24) is 0 Å². The predicted octanol–water partition coefficient (Wildman–Crippen LogP) is 2.09. The molecule has 16 heavy (non-hydrogen) atoms. The average molecular weight is 219 g/mol. The second-order valence-corrected chi connectivity index (χ2v) is 4.66. The molecule has 0 saturated heterocycles. The molecule has 2 unspecified atom stereocenters. The van der Waals surface area contributed by atoms with E-state index in [1.807, 2.05) is 12.1 Å². The van der Waals surface area contributed by atoms with Crippen LogP contribution in [0.1, 0.15) is 24.5 Å². The minimum absolute atomic E-state index is 0.242. The highest BCUT2D eigenvalue weighted by molar-refractivity contribution is 5.70. The Hall–Kier alpha value is -1.51. The van der Waals surface area contributed by atoms with Gasteiger partial charge in [-0.25, -0.2) is 0 Å². The molecule has 0 aliphatic heterocycles. The Balaban J connectivity index is 2.19. The van der Waals surface area contributed by atoms with Crippen LogP contribution >= 0.6 is 0 Å². The predicted molar refractivity (Wildman–Crippen MR) is 63.2 cm³/mol. The molecule has 0 fully saturated rings. The van der Waals surface area contributed by atoms with Crippen LogP contribution in [0.25, 0.3) is 0 Å². The molecule has 3 heteroatoms. The number of aliphatic carboxylic acids is 1. The van der Waals surface area contributed by atoms with Gasteiger partial charge in [0.1, 0.15) is 0 Å². The topological polar surface area (TPSA) is 63.3 Å². The zero-order valence-electron chi connectivity index (χ0n) is 9.44. The van der Waals surface area contributed by atoms with E-state index in [4.69, 9.17) is 10.8 Å². The first-order chi connectivity index (χ1) is 7.58. The van der Waals surface area contributed by atoms with Crippen LogP contribution < -0.4 is 5.73 Å². The van der Waals surface area contributed by atoms with Gasteiger partial charge in [0.15, 0.2) is 0 Å². The molecule has 2 atom stereocenters. The zero-order valence-corrected chi connectivity index (χ0v) is 9.44. The number of hydrogen-bond donors (Lipinski definition) is 2. The van der Waals surface area contributed by atoms with E-state index in [1.165, 1.54) is 11.1 Å². The van der Waals surface area contributed by atoms with Gasteiger partial charge in [-0.15, -0.1) is 0 Å². The number of carboxylic acid groups (broad SMARTS) is 1. The van der Waals surface area contributed by atoms with Crippen LogP contribution in [0.5, 0.6) is 0 Å². The number of rotatable bonds is 2. The van der Waals surface area contributed by atoms with Gasteiger partial charge >= 0.3 is 5.97 Å². The average Bonchev–Trinajstić information content (AvgIpc) is 2.26. The van der Waals surface area contributed by atoms with Gasteiger partial charge in [-0.1, -0.05) is 13.0 Å². The molecule has 0 saturated carbocycles. The van der Waals surface area contributed by atoms with Crippen LogP contribution in [0.3, 0.4) is 0 Å². The lowest BCUT2D eigenvalue weighted by molar-refractivity contribution is -0.143. The summed E-state index contributed by atoms with van der Waals surface area (Å²) in [5.74, 6) is -0.723. The number of carboxylic acids is 1. The smallest absolute Gasteiger partial charge is 0.306 e. The van der Waals surface area contributed by atoms with Crippen molar-refractivity contribution in [2.24, 2.45) is 11.8 Å². The Morgan fingerprint density at radius 2 is 2.25 bits per heavy atom. The quantitative estimate of drug-likeness (QED) is 0.749. The number of anilines is 1. The van der Waals surface area contributed by atoms with Crippen molar-refractivity contribution >= 4 is 11.7 Å². The summed E-state index contributed by atoms with van der Waals surface area (Å²) < 4.78 is 0. The van der Waals surface area contributed by atoms with E-state index in [-0.39, 0.29) is 11.8 Å². The normalized spacial score (nSPS) is 21.2. The van der Waals surface area contributed by atoms with Crippen molar-refractivity contribution in [3.05, 3.63) is 29.3 Å². The van der Waals surface area contributed by atoms with Gasteiger partial charge in [0.2, 0.25) is 0 Å². The van der Waals surface area contributed by atoms with E-state index >= 15 is 0 Å². The van der Waals surface area contributed by atoms with E-state index in [0.717, 1.165) is 24.9 Å². The molecule has 0 bridgehead atoms. The van der Waals surface area contributed by atoms with Gasteiger partial charge in [0, 0.05) is 5.69 Å². The van der Waals surface area contributed by atoms with Gasteiger partial charge in [0.05, 0.1) is 5.92 Å². The molecule has 0 spiro atoms.